The van der Waals surface area contributed by atoms with E-state index in [2.05, 4.69) is 4.98 Å². The van der Waals surface area contributed by atoms with Crippen molar-refractivity contribution in [3.05, 3.63) is 30.1 Å². The first-order valence-corrected chi connectivity index (χ1v) is 6.97. The lowest BCUT2D eigenvalue weighted by molar-refractivity contribution is -0.228. The third-order valence-electron chi connectivity index (χ3n) is 3.94. The fraction of sp³-hybridized carbons (Fsp3) is 0.600. The first-order chi connectivity index (χ1) is 9.69. The van der Waals surface area contributed by atoms with Gasteiger partial charge in [0.15, 0.2) is 5.79 Å². The zero-order chi connectivity index (χ0) is 14.4. The summed E-state index contributed by atoms with van der Waals surface area (Å²) in [6.45, 7) is 1.37. The molecule has 110 valence electrons. The van der Waals surface area contributed by atoms with Crippen LogP contribution in [0.25, 0.3) is 0 Å². The van der Waals surface area contributed by atoms with E-state index >= 15 is 0 Å². The lowest BCUT2D eigenvalue weighted by Gasteiger charge is -2.39. The number of ether oxygens (including phenoxy) is 2. The van der Waals surface area contributed by atoms with E-state index in [9.17, 15) is 4.79 Å². The number of piperidine rings is 1. The molecule has 0 atom stereocenters. The number of amides is 1. The summed E-state index contributed by atoms with van der Waals surface area (Å²) in [4.78, 5) is 18.3. The molecule has 0 spiro atoms. The van der Waals surface area contributed by atoms with Crippen molar-refractivity contribution in [3.63, 3.8) is 0 Å². The number of hydrogen-bond donors (Lipinski definition) is 0. The number of carbonyl (C=O) groups is 1. The number of aryl methyl sites for hydroxylation is 1. The van der Waals surface area contributed by atoms with Crippen LogP contribution in [0.2, 0.25) is 0 Å². The van der Waals surface area contributed by atoms with Gasteiger partial charge in [0.1, 0.15) is 0 Å². The van der Waals surface area contributed by atoms with E-state index in [1.54, 1.807) is 20.4 Å². The first-order valence-electron chi connectivity index (χ1n) is 6.97. The zero-order valence-corrected chi connectivity index (χ0v) is 12.2. The van der Waals surface area contributed by atoms with E-state index in [1.165, 1.54) is 0 Å². The van der Waals surface area contributed by atoms with Gasteiger partial charge in [-0.1, -0.05) is 6.07 Å². The van der Waals surface area contributed by atoms with Gasteiger partial charge >= 0.3 is 0 Å². The van der Waals surface area contributed by atoms with Gasteiger partial charge in [0.2, 0.25) is 5.91 Å². The number of aromatic nitrogens is 1. The summed E-state index contributed by atoms with van der Waals surface area (Å²) in [7, 11) is 3.31. The van der Waals surface area contributed by atoms with Gasteiger partial charge in [0.25, 0.3) is 0 Å². The Balaban J connectivity index is 1.80. The monoisotopic (exact) mass is 278 g/mol. The van der Waals surface area contributed by atoms with E-state index in [0.717, 1.165) is 18.5 Å². The summed E-state index contributed by atoms with van der Waals surface area (Å²) >= 11 is 0. The summed E-state index contributed by atoms with van der Waals surface area (Å²) in [5.41, 5.74) is 0.959. The molecule has 1 amide bonds. The summed E-state index contributed by atoms with van der Waals surface area (Å²) < 4.78 is 10.8. The van der Waals surface area contributed by atoms with Crippen LogP contribution in [0.1, 0.15) is 25.0 Å². The Kier molecular flexibility index (Phi) is 5.09. The van der Waals surface area contributed by atoms with Crippen molar-refractivity contribution in [2.45, 2.75) is 31.5 Å². The van der Waals surface area contributed by atoms with Gasteiger partial charge in [-0.15, -0.1) is 0 Å². The van der Waals surface area contributed by atoms with Crippen LogP contribution in [-0.2, 0) is 20.7 Å². The largest absolute Gasteiger partial charge is 0.353 e. The average molecular weight is 278 g/mol. The van der Waals surface area contributed by atoms with Crippen molar-refractivity contribution in [3.8, 4) is 0 Å². The highest BCUT2D eigenvalue weighted by atomic mass is 16.7. The summed E-state index contributed by atoms with van der Waals surface area (Å²) in [6.07, 6.45) is 4.39. The molecule has 2 heterocycles. The highest BCUT2D eigenvalue weighted by molar-refractivity contribution is 5.76. The minimum absolute atomic E-state index is 0.177. The molecule has 20 heavy (non-hydrogen) atoms. The van der Waals surface area contributed by atoms with Crippen molar-refractivity contribution in [2.24, 2.45) is 0 Å². The van der Waals surface area contributed by atoms with Crippen molar-refractivity contribution in [1.29, 1.82) is 0 Å². The van der Waals surface area contributed by atoms with E-state index < -0.39 is 5.79 Å². The number of likely N-dealkylation sites (tertiary alicyclic amines) is 1. The Labute approximate surface area is 119 Å². The Morgan fingerprint density at radius 3 is 2.55 bits per heavy atom. The first kappa shape index (κ1) is 14.9. The SMILES string of the molecule is COC1(OC)CCN(C(=O)CCc2ccccn2)CC1. The Morgan fingerprint density at radius 1 is 1.30 bits per heavy atom. The number of methoxy groups -OCH3 is 2. The highest BCUT2D eigenvalue weighted by Gasteiger charge is 2.35. The predicted molar refractivity (Wildman–Crippen MR) is 75.1 cm³/mol. The van der Waals surface area contributed by atoms with Crippen molar-refractivity contribution >= 4 is 5.91 Å². The fourth-order valence-electron chi connectivity index (χ4n) is 2.53. The molecule has 0 N–H and O–H groups in total. The molecule has 1 aromatic heterocycles. The maximum atomic E-state index is 12.2. The molecular formula is C15H22N2O3. The van der Waals surface area contributed by atoms with Crippen LogP contribution in [0.4, 0.5) is 0 Å². The molecule has 1 fully saturated rings. The third kappa shape index (κ3) is 3.55. The molecule has 5 nitrogen and oxygen atoms in total. The Hall–Kier alpha value is -1.46. The van der Waals surface area contributed by atoms with Crippen LogP contribution in [0, 0.1) is 0 Å². The van der Waals surface area contributed by atoms with Crippen LogP contribution < -0.4 is 0 Å². The van der Waals surface area contributed by atoms with Crippen molar-refractivity contribution < 1.29 is 14.3 Å². The average Bonchev–Trinajstić information content (AvgIpc) is 2.53. The zero-order valence-electron chi connectivity index (χ0n) is 12.2. The van der Waals surface area contributed by atoms with Gasteiger partial charge in [-0.25, -0.2) is 0 Å². The quantitative estimate of drug-likeness (QED) is 0.768. The topological polar surface area (TPSA) is 51.7 Å². The number of hydrogen-bond acceptors (Lipinski definition) is 4. The molecule has 1 aliphatic heterocycles. The summed E-state index contributed by atoms with van der Waals surface area (Å²) in [5, 5.41) is 0. The fourth-order valence-corrected chi connectivity index (χ4v) is 2.53. The molecule has 0 aromatic carbocycles. The van der Waals surface area contributed by atoms with E-state index in [0.29, 0.717) is 25.9 Å². The van der Waals surface area contributed by atoms with Gasteiger partial charge in [-0.2, -0.15) is 0 Å². The molecule has 0 unspecified atom stereocenters. The van der Waals surface area contributed by atoms with Gasteiger partial charge < -0.3 is 14.4 Å². The smallest absolute Gasteiger partial charge is 0.222 e. The van der Waals surface area contributed by atoms with Crippen LogP contribution in [0.5, 0.6) is 0 Å². The molecule has 1 aromatic rings. The summed E-state index contributed by atoms with van der Waals surface area (Å²) in [5.74, 6) is -0.339. The molecule has 0 aliphatic carbocycles. The second kappa shape index (κ2) is 6.81. The normalized spacial score (nSPS) is 18.0. The molecule has 5 heteroatoms. The van der Waals surface area contributed by atoms with Crippen molar-refractivity contribution in [1.82, 2.24) is 9.88 Å². The van der Waals surface area contributed by atoms with Gasteiger partial charge in [-0.3, -0.25) is 9.78 Å². The van der Waals surface area contributed by atoms with Crippen LogP contribution in [0.15, 0.2) is 24.4 Å². The second-order valence-corrected chi connectivity index (χ2v) is 5.02. The number of rotatable bonds is 5. The number of nitrogens with zero attached hydrogens (tertiary/aromatic N) is 2. The van der Waals surface area contributed by atoms with Gasteiger partial charge in [-0.05, 0) is 18.6 Å². The van der Waals surface area contributed by atoms with Crippen LogP contribution >= 0.6 is 0 Å². The molecular weight excluding hydrogens is 256 g/mol. The second-order valence-electron chi connectivity index (χ2n) is 5.02. The molecule has 2 rings (SSSR count). The highest BCUT2D eigenvalue weighted by Crippen LogP contribution is 2.26. The minimum Gasteiger partial charge on any atom is -0.353 e. The Bertz CT molecular complexity index is 422. The van der Waals surface area contributed by atoms with Gasteiger partial charge in [0, 0.05) is 58.5 Å². The maximum Gasteiger partial charge on any atom is 0.222 e. The number of carbonyl (C=O) groups excluding carboxylic acids is 1. The van der Waals surface area contributed by atoms with E-state index in [1.807, 2.05) is 23.1 Å². The Morgan fingerprint density at radius 2 is 2.00 bits per heavy atom. The molecule has 0 radical (unpaired) electrons. The minimum atomic E-state index is -0.516. The standard InChI is InChI=1S/C15H22N2O3/c1-19-15(20-2)8-11-17(12-9-15)14(18)7-6-13-5-3-4-10-16-13/h3-5,10H,6-9,11-12H2,1-2H3. The van der Waals surface area contributed by atoms with E-state index in [-0.39, 0.29) is 5.91 Å². The molecule has 1 saturated heterocycles. The number of pyridine rings is 1. The predicted octanol–water partition coefficient (Wildman–Crippen LogP) is 1.63. The van der Waals surface area contributed by atoms with Gasteiger partial charge in [0.05, 0.1) is 0 Å². The third-order valence-corrected chi connectivity index (χ3v) is 3.94. The summed E-state index contributed by atoms with van der Waals surface area (Å²) in [6, 6.07) is 5.77. The lowest BCUT2D eigenvalue weighted by atomic mass is 10.0. The van der Waals surface area contributed by atoms with Crippen LogP contribution in [-0.4, -0.2) is 48.9 Å². The molecule has 0 saturated carbocycles. The van der Waals surface area contributed by atoms with Crippen molar-refractivity contribution in [2.75, 3.05) is 27.3 Å². The molecule has 0 bridgehead atoms. The maximum absolute atomic E-state index is 12.2. The van der Waals surface area contributed by atoms with E-state index in [4.69, 9.17) is 9.47 Å². The van der Waals surface area contributed by atoms with Crippen LogP contribution in [0.3, 0.4) is 0 Å². The lowest BCUT2D eigenvalue weighted by Crippen LogP contribution is -2.48. The molecule has 1 aliphatic rings.